The number of rotatable bonds is 2. The predicted molar refractivity (Wildman–Crippen MR) is 71.2 cm³/mol. The van der Waals surface area contributed by atoms with Crippen LogP contribution in [0, 0.1) is 0 Å². The van der Waals surface area contributed by atoms with Crippen LogP contribution in [0.3, 0.4) is 0 Å². The molecule has 0 spiro atoms. The molecule has 5 heteroatoms. The summed E-state index contributed by atoms with van der Waals surface area (Å²) >= 11 is 0. The van der Waals surface area contributed by atoms with E-state index in [1.54, 1.807) is 6.07 Å². The Morgan fingerprint density at radius 1 is 1.06 bits per heavy atom. The Kier molecular flexibility index (Phi) is 2.78. The van der Waals surface area contributed by atoms with Crippen molar-refractivity contribution >= 4 is 18.4 Å². The normalized spacial score (nSPS) is 14.0. The van der Waals surface area contributed by atoms with Crippen LogP contribution in [0.2, 0.25) is 0 Å². The first-order chi connectivity index (χ1) is 8.77. The maximum atomic E-state index is 9.32. The van der Waals surface area contributed by atoms with E-state index in [0.29, 0.717) is 18.7 Å². The third-order valence-electron chi connectivity index (χ3n) is 3.16. The molecule has 18 heavy (non-hydrogen) atoms. The predicted octanol–water partition coefficient (Wildman–Crippen LogP) is 0.0189. The van der Waals surface area contributed by atoms with Crippen LogP contribution in [0.15, 0.2) is 47.5 Å². The molecular formula is C13H13BN2O2. The average molecular weight is 240 g/mol. The zero-order chi connectivity index (χ0) is 12.5. The molecule has 1 aromatic carbocycles. The minimum Gasteiger partial charge on any atom is -0.422 e. The third-order valence-corrected chi connectivity index (χ3v) is 3.16. The van der Waals surface area contributed by atoms with Crippen molar-refractivity contribution in [2.75, 3.05) is 6.54 Å². The molecule has 90 valence electrons. The Bertz CT molecular complexity index is 590. The monoisotopic (exact) mass is 240 g/mol. The van der Waals surface area contributed by atoms with Gasteiger partial charge in [0.25, 0.3) is 0 Å². The summed E-state index contributed by atoms with van der Waals surface area (Å²) in [5.41, 5.74) is 3.42. The van der Waals surface area contributed by atoms with Gasteiger partial charge in [-0.25, -0.2) is 0 Å². The summed E-state index contributed by atoms with van der Waals surface area (Å²) in [5.74, 6) is 0. The van der Waals surface area contributed by atoms with Gasteiger partial charge in [0.05, 0.1) is 18.0 Å². The van der Waals surface area contributed by atoms with Crippen LogP contribution in [0.4, 0.5) is 0 Å². The van der Waals surface area contributed by atoms with Crippen molar-refractivity contribution in [1.29, 1.82) is 0 Å². The van der Waals surface area contributed by atoms with Gasteiger partial charge in [0.15, 0.2) is 0 Å². The maximum absolute atomic E-state index is 9.32. The molecule has 3 rings (SSSR count). The van der Waals surface area contributed by atoms with E-state index < -0.39 is 7.12 Å². The van der Waals surface area contributed by atoms with Gasteiger partial charge in [0, 0.05) is 17.7 Å². The Labute approximate surface area is 105 Å². The lowest BCUT2D eigenvalue weighted by Crippen LogP contribution is -2.39. The maximum Gasteiger partial charge on any atom is 0.505 e. The number of hydrogen-bond donors (Lipinski definition) is 2. The minimum atomic E-state index is -1.44. The molecule has 1 aliphatic heterocycles. The summed E-state index contributed by atoms with van der Waals surface area (Å²) in [6, 6.07) is 13.6. The molecular weight excluding hydrogens is 227 g/mol. The van der Waals surface area contributed by atoms with E-state index in [2.05, 4.69) is 4.99 Å². The van der Waals surface area contributed by atoms with Crippen LogP contribution in [-0.2, 0) is 6.54 Å². The molecule has 0 radical (unpaired) electrons. The van der Waals surface area contributed by atoms with Gasteiger partial charge in [0.2, 0.25) is 0 Å². The van der Waals surface area contributed by atoms with Crippen molar-refractivity contribution < 1.29 is 10.0 Å². The van der Waals surface area contributed by atoms with E-state index in [4.69, 9.17) is 0 Å². The smallest absolute Gasteiger partial charge is 0.422 e. The molecule has 0 amide bonds. The quantitative estimate of drug-likeness (QED) is 0.727. The zero-order valence-corrected chi connectivity index (χ0v) is 9.82. The van der Waals surface area contributed by atoms with Gasteiger partial charge in [-0.05, 0) is 12.1 Å². The Morgan fingerprint density at radius 3 is 2.56 bits per heavy atom. The fourth-order valence-electron chi connectivity index (χ4n) is 2.34. The molecule has 2 heterocycles. The highest BCUT2D eigenvalue weighted by atomic mass is 16.4. The molecule has 0 bridgehead atoms. The number of nitrogens with zero attached hydrogens (tertiary/aromatic N) is 2. The second-order valence-electron chi connectivity index (χ2n) is 4.27. The van der Waals surface area contributed by atoms with Crippen LogP contribution in [0.5, 0.6) is 0 Å². The molecule has 0 saturated heterocycles. The summed E-state index contributed by atoms with van der Waals surface area (Å²) in [7, 11) is -1.44. The number of benzene rings is 1. The van der Waals surface area contributed by atoms with Crippen LogP contribution in [-0.4, -0.2) is 34.0 Å². The highest BCUT2D eigenvalue weighted by molar-refractivity contribution is 6.58. The molecule has 1 aromatic heterocycles. The van der Waals surface area contributed by atoms with Crippen LogP contribution in [0.1, 0.15) is 11.3 Å². The Balaban J connectivity index is 2.09. The first-order valence-electron chi connectivity index (χ1n) is 5.93. The van der Waals surface area contributed by atoms with Crippen LogP contribution < -0.4 is 5.59 Å². The molecule has 1 aliphatic rings. The lowest BCUT2D eigenvalue weighted by molar-refractivity contribution is 0.421. The summed E-state index contributed by atoms with van der Waals surface area (Å²) < 4.78 is 1.92. The van der Waals surface area contributed by atoms with Crippen molar-refractivity contribution in [3.8, 4) is 0 Å². The van der Waals surface area contributed by atoms with E-state index in [1.807, 2.05) is 41.0 Å². The SMILES string of the molecule is OB(O)c1ccc2n1CCN=C2c1ccccc1. The minimum absolute atomic E-state index is 0.522. The van der Waals surface area contributed by atoms with Gasteiger partial charge in [-0.1, -0.05) is 30.3 Å². The molecule has 0 saturated carbocycles. The van der Waals surface area contributed by atoms with Crippen molar-refractivity contribution in [3.63, 3.8) is 0 Å². The highest BCUT2D eigenvalue weighted by Crippen LogP contribution is 2.15. The number of aromatic nitrogens is 1. The second-order valence-corrected chi connectivity index (χ2v) is 4.27. The molecule has 2 aromatic rings. The molecule has 0 fully saturated rings. The van der Waals surface area contributed by atoms with Gasteiger partial charge in [-0.2, -0.15) is 0 Å². The zero-order valence-electron chi connectivity index (χ0n) is 9.82. The molecule has 0 aliphatic carbocycles. The van der Waals surface area contributed by atoms with Crippen molar-refractivity contribution in [1.82, 2.24) is 4.57 Å². The summed E-state index contributed by atoms with van der Waals surface area (Å²) in [6.07, 6.45) is 0. The molecule has 0 atom stereocenters. The van der Waals surface area contributed by atoms with Gasteiger partial charge < -0.3 is 14.6 Å². The van der Waals surface area contributed by atoms with E-state index in [0.717, 1.165) is 17.0 Å². The number of hydrogen-bond acceptors (Lipinski definition) is 3. The first-order valence-corrected chi connectivity index (χ1v) is 5.93. The van der Waals surface area contributed by atoms with Crippen molar-refractivity contribution in [3.05, 3.63) is 53.7 Å². The Hall–Kier alpha value is -1.85. The summed E-state index contributed by atoms with van der Waals surface area (Å²) in [6.45, 7) is 1.34. The van der Waals surface area contributed by atoms with E-state index >= 15 is 0 Å². The highest BCUT2D eigenvalue weighted by Gasteiger charge is 2.23. The lowest BCUT2D eigenvalue weighted by Gasteiger charge is -2.18. The van der Waals surface area contributed by atoms with Crippen LogP contribution in [0.25, 0.3) is 0 Å². The van der Waals surface area contributed by atoms with Gasteiger partial charge in [0.1, 0.15) is 0 Å². The lowest BCUT2D eigenvalue weighted by atomic mass is 9.86. The third kappa shape index (κ3) is 1.77. The van der Waals surface area contributed by atoms with E-state index in [-0.39, 0.29) is 0 Å². The largest absolute Gasteiger partial charge is 0.505 e. The van der Waals surface area contributed by atoms with Crippen molar-refractivity contribution in [2.24, 2.45) is 4.99 Å². The van der Waals surface area contributed by atoms with Gasteiger partial charge in [-0.15, -0.1) is 0 Å². The van der Waals surface area contributed by atoms with Gasteiger partial charge in [-0.3, -0.25) is 4.99 Å². The second kappa shape index (κ2) is 4.44. The molecule has 0 unspecified atom stereocenters. The van der Waals surface area contributed by atoms with Crippen LogP contribution >= 0.6 is 0 Å². The van der Waals surface area contributed by atoms with E-state index in [9.17, 15) is 10.0 Å². The van der Waals surface area contributed by atoms with Crippen molar-refractivity contribution in [2.45, 2.75) is 6.54 Å². The standard InChI is InChI=1S/C13H13BN2O2/c17-14(18)12-7-6-11-13(15-8-9-16(11)12)10-4-2-1-3-5-10/h1-7,17-18H,8-9H2. The first kappa shape index (κ1) is 11.3. The van der Waals surface area contributed by atoms with E-state index in [1.165, 1.54) is 0 Å². The van der Waals surface area contributed by atoms with Gasteiger partial charge >= 0.3 is 7.12 Å². The molecule has 2 N–H and O–H groups in total. The number of aliphatic imine (C=N–C) groups is 1. The number of fused-ring (bicyclic) bond motifs is 1. The fourth-order valence-corrected chi connectivity index (χ4v) is 2.34. The average Bonchev–Trinajstić information content (AvgIpc) is 2.83. The Morgan fingerprint density at radius 2 is 1.83 bits per heavy atom. The summed E-state index contributed by atoms with van der Waals surface area (Å²) in [4.78, 5) is 4.55. The molecule has 4 nitrogen and oxygen atoms in total. The summed E-state index contributed by atoms with van der Waals surface area (Å²) in [5, 5.41) is 18.6. The topological polar surface area (TPSA) is 57.8 Å². The fraction of sp³-hybridized carbons (Fsp3) is 0.154.